The summed E-state index contributed by atoms with van der Waals surface area (Å²) in [6, 6.07) is 17.8. The molecular weight excluding hydrogens is 444 g/mol. The Morgan fingerprint density at radius 3 is 2.36 bits per heavy atom. The molecule has 0 aromatic heterocycles. The molecule has 1 amide bonds. The van der Waals surface area contributed by atoms with E-state index in [9.17, 15) is 4.79 Å². The minimum atomic E-state index is -0.395. The van der Waals surface area contributed by atoms with E-state index in [1.807, 2.05) is 37.3 Å². The van der Waals surface area contributed by atoms with Gasteiger partial charge in [-0.3, -0.25) is 4.79 Å². The Morgan fingerprint density at radius 2 is 1.70 bits per heavy atom. The zero-order chi connectivity index (χ0) is 23.6. The fourth-order valence-electron chi connectivity index (χ4n) is 2.93. The van der Waals surface area contributed by atoms with Gasteiger partial charge in [0.2, 0.25) is 0 Å². The fourth-order valence-corrected chi connectivity index (χ4v) is 3.12. The molecule has 0 fully saturated rings. The molecule has 3 aromatic rings. The van der Waals surface area contributed by atoms with Crippen LogP contribution in [0.15, 0.2) is 65.8 Å². The molecule has 172 valence electrons. The predicted molar refractivity (Wildman–Crippen MR) is 128 cm³/mol. The summed E-state index contributed by atoms with van der Waals surface area (Å²) in [5, 5.41) is 4.69. The Bertz CT molecular complexity index is 1110. The summed E-state index contributed by atoms with van der Waals surface area (Å²) in [6.07, 6.45) is 1.52. The number of nitrogens with one attached hydrogen (secondary N) is 1. The number of rotatable bonds is 10. The molecular formula is C25H25ClN2O5. The molecule has 8 heteroatoms. The monoisotopic (exact) mass is 468 g/mol. The number of carbonyl (C=O) groups excluding carboxylic acids is 1. The maximum atomic E-state index is 12.5. The van der Waals surface area contributed by atoms with Gasteiger partial charge in [0.05, 0.1) is 27.0 Å². The summed E-state index contributed by atoms with van der Waals surface area (Å²) in [7, 11) is 3.04. The van der Waals surface area contributed by atoms with Crippen molar-refractivity contribution in [3.05, 3.63) is 82.4 Å². The van der Waals surface area contributed by atoms with Crippen LogP contribution in [0.25, 0.3) is 0 Å². The molecule has 0 bridgehead atoms. The number of hydrogen-bond acceptors (Lipinski definition) is 6. The second-order valence-corrected chi connectivity index (χ2v) is 7.23. The molecule has 7 nitrogen and oxygen atoms in total. The minimum absolute atomic E-state index is 0.313. The van der Waals surface area contributed by atoms with Crippen molar-refractivity contribution in [2.45, 2.75) is 13.5 Å². The molecule has 0 unspecified atom stereocenters. The zero-order valence-corrected chi connectivity index (χ0v) is 19.4. The quantitative estimate of drug-likeness (QED) is 0.331. The molecule has 0 radical (unpaired) electrons. The molecule has 0 atom stereocenters. The number of methoxy groups -OCH3 is 2. The van der Waals surface area contributed by atoms with E-state index in [2.05, 4.69) is 10.5 Å². The second kappa shape index (κ2) is 11.8. The van der Waals surface area contributed by atoms with Gasteiger partial charge in [0, 0.05) is 22.2 Å². The highest BCUT2D eigenvalue weighted by molar-refractivity contribution is 6.31. The van der Waals surface area contributed by atoms with Crippen molar-refractivity contribution in [2.75, 3.05) is 20.8 Å². The molecule has 0 spiro atoms. The molecule has 0 saturated carbocycles. The Kier molecular flexibility index (Phi) is 8.55. The standard InChI is InChI=1S/C25H25ClN2O5/c1-4-32-24-11-17(9-10-23(24)33-16-18-7-5-6-8-22(18)26)15-27-28-25(29)19-12-20(30-2)14-21(13-19)31-3/h5-15H,4,16H2,1-3H3,(H,28,29). The van der Waals surface area contributed by atoms with Crippen LogP contribution in [0.1, 0.15) is 28.4 Å². The highest BCUT2D eigenvalue weighted by Crippen LogP contribution is 2.29. The number of nitrogens with zero attached hydrogens (tertiary/aromatic N) is 1. The molecule has 0 aliphatic rings. The third-order valence-corrected chi connectivity index (χ3v) is 4.97. The summed E-state index contributed by atoms with van der Waals surface area (Å²) in [5.41, 5.74) is 4.47. The van der Waals surface area contributed by atoms with Crippen molar-refractivity contribution in [2.24, 2.45) is 5.10 Å². The number of hydrazone groups is 1. The third-order valence-electron chi connectivity index (χ3n) is 4.60. The highest BCUT2D eigenvalue weighted by Gasteiger charge is 2.10. The van der Waals surface area contributed by atoms with Gasteiger partial charge in [-0.05, 0) is 48.9 Å². The molecule has 0 heterocycles. The molecule has 3 aromatic carbocycles. The van der Waals surface area contributed by atoms with E-state index in [-0.39, 0.29) is 0 Å². The summed E-state index contributed by atoms with van der Waals surface area (Å²) in [6.45, 7) is 2.67. The van der Waals surface area contributed by atoms with Crippen molar-refractivity contribution >= 4 is 23.7 Å². The summed E-state index contributed by atoms with van der Waals surface area (Å²) < 4.78 is 22.0. The Morgan fingerprint density at radius 1 is 0.970 bits per heavy atom. The molecule has 3 rings (SSSR count). The number of amides is 1. The summed E-state index contributed by atoms with van der Waals surface area (Å²) in [5.74, 6) is 1.78. The van der Waals surface area contributed by atoms with Crippen LogP contribution in [0.5, 0.6) is 23.0 Å². The Labute approximate surface area is 197 Å². The maximum Gasteiger partial charge on any atom is 0.271 e. The van der Waals surface area contributed by atoms with Crippen molar-refractivity contribution in [1.29, 1.82) is 0 Å². The van der Waals surface area contributed by atoms with Gasteiger partial charge in [0.1, 0.15) is 18.1 Å². The van der Waals surface area contributed by atoms with E-state index in [0.29, 0.717) is 46.8 Å². The van der Waals surface area contributed by atoms with E-state index >= 15 is 0 Å². The number of ether oxygens (including phenoxy) is 4. The van der Waals surface area contributed by atoms with Gasteiger partial charge < -0.3 is 18.9 Å². The first-order valence-corrected chi connectivity index (χ1v) is 10.6. The summed E-state index contributed by atoms with van der Waals surface area (Å²) in [4.78, 5) is 12.5. The van der Waals surface area contributed by atoms with E-state index in [0.717, 1.165) is 11.1 Å². The molecule has 0 aliphatic heterocycles. The largest absolute Gasteiger partial charge is 0.497 e. The minimum Gasteiger partial charge on any atom is -0.497 e. The molecule has 0 saturated heterocycles. The molecule has 1 N–H and O–H groups in total. The van der Waals surface area contributed by atoms with Crippen molar-refractivity contribution in [1.82, 2.24) is 5.43 Å². The first-order chi connectivity index (χ1) is 16.0. The van der Waals surface area contributed by atoms with E-state index in [1.165, 1.54) is 20.4 Å². The van der Waals surface area contributed by atoms with Crippen LogP contribution in [-0.4, -0.2) is 32.9 Å². The highest BCUT2D eigenvalue weighted by atomic mass is 35.5. The number of halogens is 1. The lowest BCUT2D eigenvalue weighted by atomic mass is 10.2. The number of carbonyl (C=O) groups is 1. The normalized spacial score (nSPS) is 10.7. The predicted octanol–water partition coefficient (Wildman–Crippen LogP) is 5.10. The second-order valence-electron chi connectivity index (χ2n) is 6.82. The maximum absolute atomic E-state index is 12.5. The fraction of sp³-hybridized carbons (Fsp3) is 0.200. The van der Waals surface area contributed by atoms with Gasteiger partial charge >= 0.3 is 0 Å². The lowest BCUT2D eigenvalue weighted by molar-refractivity contribution is 0.0954. The van der Waals surface area contributed by atoms with Crippen LogP contribution in [0, 0.1) is 0 Å². The van der Waals surface area contributed by atoms with Crippen molar-refractivity contribution in [3.63, 3.8) is 0 Å². The lowest BCUT2D eigenvalue weighted by Gasteiger charge is -2.13. The van der Waals surface area contributed by atoms with Crippen molar-refractivity contribution < 1.29 is 23.7 Å². The first kappa shape index (κ1) is 23.9. The van der Waals surface area contributed by atoms with Crippen molar-refractivity contribution in [3.8, 4) is 23.0 Å². The Balaban J connectivity index is 1.68. The SMILES string of the molecule is CCOc1cc(C=NNC(=O)c2cc(OC)cc(OC)c2)ccc1OCc1ccccc1Cl. The third kappa shape index (κ3) is 6.63. The Hall–Kier alpha value is -3.71. The number of benzene rings is 3. The molecule has 0 aliphatic carbocycles. The van der Waals surface area contributed by atoms with E-state index < -0.39 is 5.91 Å². The average Bonchev–Trinajstić information content (AvgIpc) is 2.84. The van der Waals surface area contributed by atoms with E-state index in [4.69, 9.17) is 30.5 Å². The van der Waals surface area contributed by atoms with Crippen LogP contribution in [-0.2, 0) is 6.61 Å². The average molecular weight is 469 g/mol. The van der Waals surface area contributed by atoms with Crippen LogP contribution >= 0.6 is 11.6 Å². The van der Waals surface area contributed by atoms with Crippen LogP contribution < -0.4 is 24.4 Å². The number of hydrogen-bond donors (Lipinski definition) is 1. The van der Waals surface area contributed by atoms with Gasteiger partial charge in [-0.1, -0.05) is 29.8 Å². The van der Waals surface area contributed by atoms with Gasteiger partial charge in [-0.15, -0.1) is 0 Å². The molecule has 33 heavy (non-hydrogen) atoms. The topological polar surface area (TPSA) is 78.4 Å². The smallest absolute Gasteiger partial charge is 0.271 e. The van der Waals surface area contributed by atoms with Crippen LogP contribution in [0.2, 0.25) is 5.02 Å². The van der Waals surface area contributed by atoms with Crippen LogP contribution in [0.3, 0.4) is 0 Å². The lowest BCUT2D eigenvalue weighted by Crippen LogP contribution is -2.17. The van der Waals surface area contributed by atoms with Gasteiger partial charge in [-0.2, -0.15) is 5.10 Å². The summed E-state index contributed by atoms with van der Waals surface area (Å²) >= 11 is 6.20. The van der Waals surface area contributed by atoms with E-state index in [1.54, 1.807) is 30.3 Å². The zero-order valence-electron chi connectivity index (χ0n) is 18.6. The van der Waals surface area contributed by atoms with Gasteiger partial charge in [-0.25, -0.2) is 5.43 Å². The van der Waals surface area contributed by atoms with Gasteiger partial charge in [0.25, 0.3) is 5.91 Å². The van der Waals surface area contributed by atoms with Crippen LogP contribution in [0.4, 0.5) is 0 Å². The van der Waals surface area contributed by atoms with Gasteiger partial charge in [0.15, 0.2) is 11.5 Å². The first-order valence-electron chi connectivity index (χ1n) is 10.2.